The number of hydrogen-bond acceptors (Lipinski definition) is 5. The summed E-state index contributed by atoms with van der Waals surface area (Å²) in [4.78, 5) is 1.34. The van der Waals surface area contributed by atoms with Gasteiger partial charge in [-0.2, -0.15) is 0 Å². The van der Waals surface area contributed by atoms with Crippen LogP contribution in [0.25, 0.3) is 21.6 Å². The van der Waals surface area contributed by atoms with Gasteiger partial charge in [-0.25, -0.2) is 0 Å². The lowest BCUT2D eigenvalue weighted by molar-refractivity contribution is 0.0180. The Morgan fingerprint density at radius 2 is 1.17 bits per heavy atom. The Hall–Kier alpha value is -1.00. The van der Waals surface area contributed by atoms with Crippen molar-refractivity contribution in [2.45, 2.75) is 128 Å². The molecule has 1 aliphatic carbocycles. The van der Waals surface area contributed by atoms with E-state index in [4.69, 9.17) is 18.9 Å². The molecule has 0 saturated heterocycles. The van der Waals surface area contributed by atoms with Crippen LogP contribution in [0.15, 0.2) is 48.5 Å². The van der Waals surface area contributed by atoms with Crippen molar-refractivity contribution in [3.63, 3.8) is 0 Å². The molecule has 3 aromatic rings. The van der Waals surface area contributed by atoms with Crippen molar-refractivity contribution in [3.8, 4) is 27.3 Å². The highest BCUT2D eigenvalue weighted by molar-refractivity contribution is 9.09. The molecule has 4 rings (SSSR count). The van der Waals surface area contributed by atoms with Crippen molar-refractivity contribution in [3.05, 3.63) is 59.7 Å². The first-order chi connectivity index (χ1) is 25.7. The average molecular weight is 893 g/mol. The van der Waals surface area contributed by atoms with E-state index in [0.717, 1.165) is 16.4 Å². The lowest BCUT2D eigenvalue weighted by Crippen LogP contribution is -2.54. The monoisotopic (exact) mass is 890 g/mol. The molecule has 8 heteroatoms. The molecule has 0 amide bonds. The van der Waals surface area contributed by atoms with Gasteiger partial charge in [-0.1, -0.05) is 148 Å². The smallest absolute Gasteiger partial charge is 0.129 e. The maximum Gasteiger partial charge on any atom is 0.129 e. The molecule has 0 saturated carbocycles. The quantitative estimate of drug-likeness (QED) is 0.0434. The summed E-state index contributed by atoms with van der Waals surface area (Å²) in [6.45, 7) is 18.1. The molecule has 1 heterocycles. The van der Waals surface area contributed by atoms with Gasteiger partial charge in [0.1, 0.15) is 20.4 Å². The zero-order valence-electron chi connectivity index (χ0n) is 33.9. The predicted molar refractivity (Wildman–Crippen MR) is 239 cm³/mol. The van der Waals surface area contributed by atoms with Gasteiger partial charge in [0, 0.05) is 32.6 Å². The fourth-order valence-electron chi connectivity index (χ4n) is 9.41. The third kappa shape index (κ3) is 10.9. The molecule has 53 heavy (non-hydrogen) atoms. The molecule has 4 nitrogen and oxygen atoms in total. The number of benzene rings is 2. The SMILES string of the molecule is COCCOCCOCCOc1cc(-c2ccc3c(c2)C(CCCCCCBr)(CCCCCCBr)c2ccccc2-3)sc1[Si](C(C)C)(C(C)C)C(C)C. The molecule has 2 aromatic carbocycles. The Morgan fingerprint density at radius 1 is 0.623 bits per heavy atom. The van der Waals surface area contributed by atoms with E-state index in [0.29, 0.717) is 56.3 Å². The van der Waals surface area contributed by atoms with Crippen LogP contribution < -0.4 is 9.24 Å². The lowest BCUT2D eigenvalue weighted by atomic mass is 9.70. The van der Waals surface area contributed by atoms with Gasteiger partial charge in [0.2, 0.25) is 0 Å². The molecule has 0 bridgehead atoms. The van der Waals surface area contributed by atoms with Crippen LogP contribution in [-0.4, -0.2) is 65.5 Å². The van der Waals surface area contributed by atoms with Gasteiger partial charge in [0.05, 0.1) is 33.0 Å². The van der Waals surface area contributed by atoms with E-state index in [9.17, 15) is 0 Å². The second kappa shape index (κ2) is 22.7. The largest absolute Gasteiger partial charge is 0.490 e. The molecule has 0 spiro atoms. The number of thiophene rings is 1. The van der Waals surface area contributed by atoms with Gasteiger partial charge >= 0.3 is 0 Å². The van der Waals surface area contributed by atoms with Crippen molar-refractivity contribution >= 4 is 55.8 Å². The topological polar surface area (TPSA) is 36.9 Å². The second-order valence-corrected chi connectivity index (χ2v) is 24.7. The Bertz CT molecular complexity index is 1470. The summed E-state index contributed by atoms with van der Waals surface area (Å²) in [6.07, 6.45) is 12.6. The molecule has 296 valence electrons. The number of rotatable bonds is 27. The molecule has 1 aromatic heterocycles. The lowest BCUT2D eigenvalue weighted by Gasteiger charge is -2.42. The molecule has 1 aliphatic rings. The number of hydrogen-bond donors (Lipinski definition) is 0. The van der Waals surface area contributed by atoms with Gasteiger partial charge < -0.3 is 18.9 Å². The molecule has 0 aliphatic heterocycles. The van der Waals surface area contributed by atoms with Crippen LogP contribution in [0.2, 0.25) is 16.6 Å². The van der Waals surface area contributed by atoms with Crippen LogP contribution in [0.1, 0.15) is 117 Å². The summed E-state index contributed by atoms with van der Waals surface area (Å²) in [6, 6.07) is 19.2. The van der Waals surface area contributed by atoms with Crippen LogP contribution in [0, 0.1) is 0 Å². The van der Waals surface area contributed by atoms with Crippen molar-refractivity contribution in [2.75, 3.05) is 57.4 Å². The van der Waals surface area contributed by atoms with Crippen LogP contribution in [0.3, 0.4) is 0 Å². The van der Waals surface area contributed by atoms with E-state index >= 15 is 0 Å². The molecule has 0 atom stereocenters. The standard InChI is InChI=1S/C45H68Br2O4SSi/c1-34(2)53(35(3)4,36(5)6)44-42(51-31-30-50-29-28-49-27-26-48-7)33-43(52-44)37-20-21-39-38-18-12-13-19-40(38)45(41(39)32-37,22-14-8-10-16-24-46)23-15-9-11-17-25-47/h12-13,18-21,32-36H,8-11,14-17,22-31H2,1-7H3. The van der Waals surface area contributed by atoms with E-state index in [1.165, 1.54) is 90.3 Å². The van der Waals surface area contributed by atoms with Crippen LogP contribution in [0.4, 0.5) is 0 Å². The Morgan fingerprint density at radius 3 is 1.75 bits per heavy atom. The van der Waals surface area contributed by atoms with Gasteiger partial charge in [0.25, 0.3) is 0 Å². The van der Waals surface area contributed by atoms with E-state index in [2.05, 4.69) is 122 Å². The molecule has 0 fully saturated rings. The molecule has 0 N–H and O–H groups in total. The summed E-state index contributed by atoms with van der Waals surface area (Å²) in [5.41, 5.74) is 9.16. The second-order valence-electron chi connectivity index (χ2n) is 15.9. The first kappa shape index (κ1) is 44.7. The number of unbranched alkanes of at least 4 members (excludes halogenated alkanes) is 6. The summed E-state index contributed by atoms with van der Waals surface area (Å²) in [5, 5.41) is 2.20. The van der Waals surface area contributed by atoms with Crippen molar-refractivity contribution in [2.24, 2.45) is 0 Å². The van der Waals surface area contributed by atoms with Crippen molar-refractivity contribution in [1.29, 1.82) is 0 Å². The Kier molecular flexibility index (Phi) is 19.1. The van der Waals surface area contributed by atoms with Gasteiger partial charge in [0.15, 0.2) is 0 Å². The Balaban J connectivity index is 1.73. The van der Waals surface area contributed by atoms with E-state index in [-0.39, 0.29) is 5.41 Å². The first-order valence-electron chi connectivity index (χ1n) is 20.5. The van der Waals surface area contributed by atoms with E-state index < -0.39 is 8.07 Å². The predicted octanol–water partition coefficient (Wildman–Crippen LogP) is 13.3. The first-order valence-corrected chi connectivity index (χ1v) is 25.8. The van der Waals surface area contributed by atoms with Gasteiger partial charge in [-0.3, -0.25) is 0 Å². The minimum Gasteiger partial charge on any atom is -0.490 e. The summed E-state index contributed by atoms with van der Waals surface area (Å²) >= 11 is 9.34. The highest BCUT2D eigenvalue weighted by Crippen LogP contribution is 2.55. The van der Waals surface area contributed by atoms with Crippen molar-refractivity contribution in [1.82, 2.24) is 0 Å². The van der Waals surface area contributed by atoms with Crippen LogP contribution in [0.5, 0.6) is 5.75 Å². The van der Waals surface area contributed by atoms with Crippen LogP contribution >= 0.6 is 43.2 Å². The minimum atomic E-state index is -2.00. The maximum absolute atomic E-state index is 6.75. The number of methoxy groups -OCH3 is 1. The molecular formula is C45H68Br2O4SSi. The third-order valence-electron chi connectivity index (χ3n) is 11.8. The number of halogens is 2. The zero-order chi connectivity index (χ0) is 38.3. The molecular weight excluding hydrogens is 824 g/mol. The maximum atomic E-state index is 6.75. The molecule has 0 radical (unpaired) electrons. The normalized spacial score (nSPS) is 13.7. The number of alkyl halides is 2. The fraction of sp³-hybridized carbons (Fsp3) is 0.644. The fourth-order valence-corrected chi connectivity index (χ4v) is 20.4. The van der Waals surface area contributed by atoms with Gasteiger partial charge in [-0.05, 0) is 82.3 Å². The average Bonchev–Trinajstić information content (AvgIpc) is 3.68. The third-order valence-corrected chi connectivity index (χ3v) is 22.0. The summed E-state index contributed by atoms with van der Waals surface area (Å²) in [5.74, 6) is 1.08. The highest BCUT2D eigenvalue weighted by Gasteiger charge is 2.48. The molecule has 0 unspecified atom stereocenters. The number of fused-ring (bicyclic) bond motifs is 3. The summed E-state index contributed by atoms with van der Waals surface area (Å²) < 4.78 is 24.9. The van der Waals surface area contributed by atoms with E-state index in [1.54, 1.807) is 18.2 Å². The number of ether oxygens (including phenoxy) is 4. The summed E-state index contributed by atoms with van der Waals surface area (Å²) in [7, 11) is -0.306. The zero-order valence-corrected chi connectivity index (χ0v) is 38.9. The van der Waals surface area contributed by atoms with Crippen molar-refractivity contribution < 1.29 is 18.9 Å². The van der Waals surface area contributed by atoms with Gasteiger partial charge in [-0.15, -0.1) is 11.3 Å². The Labute approximate surface area is 344 Å². The van der Waals surface area contributed by atoms with E-state index in [1.807, 2.05) is 11.3 Å². The van der Waals surface area contributed by atoms with Crippen LogP contribution in [-0.2, 0) is 19.6 Å². The highest BCUT2D eigenvalue weighted by atomic mass is 79.9. The minimum absolute atomic E-state index is 0.0566.